The molecule has 7 heteroatoms. The Labute approximate surface area is 155 Å². The molecule has 0 radical (unpaired) electrons. The van der Waals surface area contributed by atoms with E-state index < -0.39 is 5.91 Å². The number of nitrogens with one attached hydrogen (secondary N) is 1. The van der Waals surface area contributed by atoms with Crippen LogP contribution in [0.4, 0.5) is 5.82 Å². The molecule has 0 atom stereocenters. The first-order valence-corrected chi connectivity index (χ1v) is 8.52. The third kappa shape index (κ3) is 4.34. The van der Waals surface area contributed by atoms with Crippen LogP contribution in [0.25, 0.3) is 0 Å². The number of carbonyl (C=O) groups excluding carboxylic acids is 1. The van der Waals surface area contributed by atoms with E-state index in [1.165, 1.54) is 16.8 Å². The number of anilines is 1. The zero-order valence-corrected chi connectivity index (χ0v) is 14.9. The van der Waals surface area contributed by atoms with Gasteiger partial charge in [0, 0.05) is 23.8 Å². The Balaban J connectivity index is 1.69. The van der Waals surface area contributed by atoms with Crippen molar-refractivity contribution in [3.05, 3.63) is 86.9 Å². The molecule has 2 aromatic heterocycles. The van der Waals surface area contributed by atoms with Crippen LogP contribution in [0.5, 0.6) is 0 Å². The van der Waals surface area contributed by atoms with Crippen LogP contribution < -0.4 is 10.9 Å². The van der Waals surface area contributed by atoms with Gasteiger partial charge in [-0.3, -0.25) is 9.59 Å². The maximum absolute atomic E-state index is 12.3. The summed E-state index contributed by atoms with van der Waals surface area (Å²) in [6.45, 7) is 2.19. The Bertz CT molecular complexity index is 983. The number of nitrogens with zero attached hydrogens (tertiary/aromatic N) is 3. The van der Waals surface area contributed by atoms with Crippen LogP contribution in [0, 0.1) is 0 Å². The fourth-order valence-corrected chi connectivity index (χ4v) is 2.68. The Hall–Kier alpha value is -2.99. The first-order valence-electron chi connectivity index (χ1n) is 8.14. The molecule has 6 nitrogen and oxygen atoms in total. The largest absolute Gasteiger partial charge is 0.305 e. The van der Waals surface area contributed by atoms with Crippen molar-refractivity contribution >= 4 is 23.3 Å². The van der Waals surface area contributed by atoms with Crippen LogP contribution in [-0.4, -0.2) is 20.7 Å². The van der Waals surface area contributed by atoms with Crippen LogP contribution in [0.3, 0.4) is 0 Å². The summed E-state index contributed by atoms with van der Waals surface area (Å²) in [7, 11) is 0. The molecule has 0 aliphatic carbocycles. The van der Waals surface area contributed by atoms with E-state index in [9.17, 15) is 9.59 Å². The first kappa shape index (κ1) is 17.8. The van der Waals surface area contributed by atoms with Crippen LogP contribution >= 0.6 is 11.6 Å². The Morgan fingerprint density at radius 1 is 1.15 bits per heavy atom. The summed E-state index contributed by atoms with van der Waals surface area (Å²) in [6.07, 6.45) is 2.40. The predicted molar refractivity (Wildman–Crippen MR) is 101 cm³/mol. The lowest BCUT2D eigenvalue weighted by atomic mass is 10.1. The monoisotopic (exact) mass is 368 g/mol. The summed E-state index contributed by atoms with van der Waals surface area (Å²) in [5, 5.41) is 7.40. The molecule has 132 valence electrons. The molecular weight excluding hydrogens is 352 g/mol. The summed E-state index contributed by atoms with van der Waals surface area (Å²) in [5.74, 6) is 0.00295. The van der Waals surface area contributed by atoms with Crippen LogP contribution in [0.1, 0.15) is 28.5 Å². The number of hydrogen-bond acceptors (Lipinski definition) is 4. The predicted octanol–water partition coefficient (Wildman–Crippen LogP) is 3.15. The third-order valence-corrected chi connectivity index (χ3v) is 4.00. The summed E-state index contributed by atoms with van der Waals surface area (Å²) in [4.78, 5) is 28.1. The second kappa shape index (κ2) is 7.93. The van der Waals surface area contributed by atoms with Gasteiger partial charge in [-0.1, -0.05) is 29.8 Å². The van der Waals surface area contributed by atoms with Crippen molar-refractivity contribution in [2.75, 3.05) is 5.32 Å². The fourth-order valence-electron chi connectivity index (χ4n) is 2.46. The van der Waals surface area contributed by atoms with E-state index in [-0.39, 0.29) is 11.3 Å². The topological polar surface area (TPSA) is 76.9 Å². The minimum absolute atomic E-state index is 0.163. The van der Waals surface area contributed by atoms with Crippen LogP contribution in [0.2, 0.25) is 5.02 Å². The second-order valence-corrected chi connectivity index (χ2v) is 6.12. The molecule has 0 bridgehead atoms. The molecule has 1 aromatic carbocycles. The lowest BCUT2D eigenvalue weighted by Crippen LogP contribution is -2.25. The zero-order valence-electron chi connectivity index (χ0n) is 14.1. The van der Waals surface area contributed by atoms with E-state index in [2.05, 4.69) is 15.4 Å². The van der Waals surface area contributed by atoms with Gasteiger partial charge in [-0.2, -0.15) is 5.10 Å². The van der Waals surface area contributed by atoms with Gasteiger partial charge in [-0.25, -0.2) is 9.67 Å². The highest BCUT2D eigenvalue weighted by Gasteiger charge is 2.10. The van der Waals surface area contributed by atoms with Gasteiger partial charge in [0.15, 0.2) is 0 Å². The summed E-state index contributed by atoms with van der Waals surface area (Å²) in [6, 6.07) is 14.0. The number of carbonyl (C=O) groups is 1. The molecule has 0 saturated heterocycles. The van der Waals surface area contributed by atoms with Gasteiger partial charge in [0.1, 0.15) is 11.5 Å². The van der Waals surface area contributed by atoms with Crippen LogP contribution in [-0.2, 0) is 13.0 Å². The number of pyridine rings is 1. The number of aromatic nitrogens is 3. The molecule has 1 N–H and O–H groups in total. The number of aryl methyl sites for hydroxylation is 1. The van der Waals surface area contributed by atoms with E-state index in [1.54, 1.807) is 19.2 Å². The van der Waals surface area contributed by atoms with E-state index in [1.807, 2.05) is 30.3 Å². The highest BCUT2D eigenvalue weighted by atomic mass is 35.5. The van der Waals surface area contributed by atoms with Crippen molar-refractivity contribution in [3.8, 4) is 0 Å². The van der Waals surface area contributed by atoms with Gasteiger partial charge in [0.2, 0.25) is 0 Å². The van der Waals surface area contributed by atoms with Gasteiger partial charge >= 0.3 is 0 Å². The van der Waals surface area contributed by atoms with Gasteiger partial charge in [0.05, 0.1) is 0 Å². The van der Waals surface area contributed by atoms with Crippen molar-refractivity contribution in [2.24, 2.45) is 0 Å². The van der Waals surface area contributed by atoms with Crippen molar-refractivity contribution in [1.82, 2.24) is 14.8 Å². The van der Waals surface area contributed by atoms with Crippen LogP contribution in [0.15, 0.2) is 59.5 Å². The number of rotatable bonds is 5. The van der Waals surface area contributed by atoms with Crippen molar-refractivity contribution in [2.45, 2.75) is 19.9 Å². The second-order valence-electron chi connectivity index (χ2n) is 5.69. The molecule has 1 amide bonds. The average Bonchev–Trinajstić information content (AvgIpc) is 2.64. The maximum atomic E-state index is 12.3. The van der Waals surface area contributed by atoms with Gasteiger partial charge < -0.3 is 5.32 Å². The molecule has 0 aliphatic rings. The highest BCUT2D eigenvalue weighted by molar-refractivity contribution is 6.30. The lowest BCUT2D eigenvalue weighted by molar-refractivity contribution is 0.101. The van der Waals surface area contributed by atoms with Gasteiger partial charge in [-0.15, -0.1) is 0 Å². The lowest BCUT2D eigenvalue weighted by Gasteiger charge is -2.07. The summed E-state index contributed by atoms with van der Waals surface area (Å²) < 4.78 is 1.23. The average molecular weight is 369 g/mol. The Morgan fingerprint density at radius 3 is 2.69 bits per heavy atom. The number of halogens is 1. The van der Waals surface area contributed by atoms with Crippen molar-refractivity contribution < 1.29 is 4.79 Å². The normalized spacial score (nSPS) is 10.5. The molecule has 26 heavy (non-hydrogen) atoms. The molecule has 0 aliphatic heterocycles. The quantitative estimate of drug-likeness (QED) is 0.750. The number of amides is 1. The molecule has 0 unspecified atom stereocenters. The van der Waals surface area contributed by atoms with Crippen molar-refractivity contribution in [3.63, 3.8) is 0 Å². The maximum Gasteiger partial charge on any atom is 0.277 e. The summed E-state index contributed by atoms with van der Waals surface area (Å²) >= 11 is 5.99. The van der Waals surface area contributed by atoms with Gasteiger partial charge in [-0.05, 0) is 48.7 Å². The van der Waals surface area contributed by atoms with E-state index >= 15 is 0 Å². The zero-order chi connectivity index (χ0) is 18.5. The third-order valence-electron chi connectivity index (χ3n) is 3.76. The van der Waals surface area contributed by atoms with Crippen molar-refractivity contribution in [1.29, 1.82) is 0 Å². The minimum atomic E-state index is -0.415. The SMILES string of the molecule is CCn1nc(C(=O)Nc2ccc(Cc3cccc(Cl)c3)cn2)ccc1=O. The molecule has 2 heterocycles. The van der Waals surface area contributed by atoms with Gasteiger partial charge in [0.25, 0.3) is 11.5 Å². The number of benzene rings is 1. The molecule has 3 rings (SSSR count). The van der Waals surface area contributed by atoms with E-state index in [0.29, 0.717) is 23.8 Å². The van der Waals surface area contributed by atoms with E-state index in [4.69, 9.17) is 11.6 Å². The smallest absolute Gasteiger partial charge is 0.277 e. The number of hydrogen-bond donors (Lipinski definition) is 1. The Morgan fingerprint density at radius 2 is 2.00 bits per heavy atom. The highest BCUT2D eigenvalue weighted by Crippen LogP contribution is 2.15. The molecule has 0 saturated carbocycles. The fraction of sp³-hybridized carbons (Fsp3) is 0.158. The molecular formula is C19H17ClN4O2. The first-order chi connectivity index (χ1) is 12.5. The minimum Gasteiger partial charge on any atom is -0.305 e. The summed E-state index contributed by atoms with van der Waals surface area (Å²) in [5.41, 5.74) is 2.01. The molecule has 0 fully saturated rings. The molecule has 0 spiro atoms. The van der Waals surface area contributed by atoms with E-state index in [0.717, 1.165) is 11.1 Å². The standard InChI is InChI=1S/C19H17ClN4O2/c1-2-24-18(25)9-7-16(23-24)19(26)22-17-8-6-14(12-21-17)10-13-4-3-5-15(20)11-13/h3-9,11-12H,2,10H2,1H3,(H,21,22,26). The Kier molecular flexibility index (Phi) is 5.43. The molecule has 3 aromatic rings.